The van der Waals surface area contributed by atoms with Crippen molar-refractivity contribution in [2.24, 2.45) is 5.73 Å². The van der Waals surface area contributed by atoms with Crippen LogP contribution in [0.5, 0.6) is 0 Å². The van der Waals surface area contributed by atoms with Crippen LogP contribution in [0.4, 0.5) is 17.2 Å². The average Bonchev–Trinajstić information content (AvgIpc) is 2.60. The molecular weight excluding hydrogens is 300 g/mol. The molecule has 0 spiro atoms. The predicted molar refractivity (Wildman–Crippen MR) is 96.8 cm³/mol. The standard InChI is InChI=1S/C18H16N6/c1-2-11-3-4-13-10-22-18(21)16(15(13)9-11)24-23-14-7-5-12(6-8-14)17(19)20/h1,3-10,23-24H,(H3,19,20)(H2,21,22)/p+1. The Hall–Kier alpha value is -3.56. The number of nitrogens with two attached hydrogens (primary N) is 3. The van der Waals surface area contributed by atoms with Gasteiger partial charge in [-0.15, -0.1) is 6.42 Å². The highest BCUT2D eigenvalue weighted by Crippen LogP contribution is 2.24. The van der Waals surface area contributed by atoms with E-state index in [1.54, 1.807) is 23.8 Å². The van der Waals surface area contributed by atoms with Crippen molar-refractivity contribution in [2.75, 3.05) is 11.2 Å². The Balaban J connectivity index is 1.90. The summed E-state index contributed by atoms with van der Waals surface area (Å²) in [6, 6.07) is 13.0. The topological polar surface area (TPSA) is 117 Å². The molecule has 0 saturated heterocycles. The normalized spacial score (nSPS) is 10.3. The maximum atomic E-state index is 7.41. The molecule has 0 fully saturated rings. The number of amidine groups is 1. The molecule has 1 aromatic heterocycles. The Kier molecular flexibility index (Phi) is 4.01. The third-order valence-electron chi connectivity index (χ3n) is 3.71. The number of aromatic nitrogens is 1. The van der Waals surface area contributed by atoms with E-state index >= 15 is 0 Å². The Bertz CT molecular complexity index is 954. The zero-order valence-electron chi connectivity index (χ0n) is 12.9. The van der Waals surface area contributed by atoms with Gasteiger partial charge in [0, 0.05) is 22.7 Å². The second-order valence-electron chi connectivity index (χ2n) is 5.28. The van der Waals surface area contributed by atoms with Crippen molar-refractivity contribution in [2.45, 2.75) is 0 Å². The van der Waals surface area contributed by atoms with Gasteiger partial charge in [-0.3, -0.25) is 5.41 Å². The third-order valence-corrected chi connectivity index (χ3v) is 3.71. The van der Waals surface area contributed by atoms with Gasteiger partial charge in [-0.25, -0.2) is 15.8 Å². The van der Waals surface area contributed by atoms with Gasteiger partial charge < -0.3 is 11.5 Å². The second kappa shape index (κ2) is 6.28. The Morgan fingerprint density at radius 1 is 1.21 bits per heavy atom. The van der Waals surface area contributed by atoms with Crippen LogP contribution in [-0.4, -0.2) is 10.8 Å². The Labute approximate surface area is 139 Å². The summed E-state index contributed by atoms with van der Waals surface area (Å²) in [5.41, 5.74) is 19.6. The zero-order valence-corrected chi connectivity index (χ0v) is 12.9. The van der Waals surface area contributed by atoms with Gasteiger partial charge in [0.05, 0.1) is 11.1 Å². The number of rotatable bonds is 4. The highest BCUT2D eigenvalue weighted by Gasteiger charge is 2.12. The summed E-state index contributed by atoms with van der Waals surface area (Å²) in [5.74, 6) is 3.09. The molecule has 3 aromatic rings. The molecule has 0 atom stereocenters. The largest absolute Gasteiger partial charge is 0.384 e. The number of benzene rings is 2. The highest BCUT2D eigenvalue weighted by atomic mass is 15.4. The van der Waals surface area contributed by atoms with Gasteiger partial charge in [0.25, 0.3) is 0 Å². The van der Waals surface area contributed by atoms with Gasteiger partial charge in [0.1, 0.15) is 5.84 Å². The number of fused-ring (bicyclic) bond motifs is 1. The van der Waals surface area contributed by atoms with Crippen LogP contribution >= 0.6 is 0 Å². The van der Waals surface area contributed by atoms with Crippen LogP contribution in [0.15, 0.2) is 48.7 Å². The molecule has 3 rings (SSSR count). The third kappa shape index (κ3) is 2.97. The summed E-state index contributed by atoms with van der Waals surface area (Å²) in [7, 11) is 0. The van der Waals surface area contributed by atoms with Crippen LogP contribution < -0.4 is 22.3 Å². The number of anilines is 2. The minimum Gasteiger partial charge on any atom is -0.384 e. The lowest BCUT2D eigenvalue weighted by Gasteiger charge is -2.09. The van der Waals surface area contributed by atoms with Crippen molar-refractivity contribution in [3.05, 3.63) is 59.8 Å². The summed E-state index contributed by atoms with van der Waals surface area (Å²) in [5, 5.41) is 9.30. The van der Waals surface area contributed by atoms with E-state index in [0.717, 1.165) is 27.7 Å². The van der Waals surface area contributed by atoms with E-state index in [4.69, 9.17) is 23.3 Å². The van der Waals surface area contributed by atoms with Crippen LogP contribution in [0.2, 0.25) is 0 Å². The van der Waals surface area contributed by atoms with Crippen LogP contribution in [0.1, 0.15) is 11.1 Å². The molecular formula is C18H17N6+. The fourth-order valence-corrected chi connectivity index (χ4v) is 2.39. The summed E-state index contributed by atoms with van der Waals surface area (Å²) in [4.78, 5) is 4.22. The molecule has 1 heterocycles. The second-order valence-corrected chi connectivity index (χ2v) is 5.28. The van der Waals surface area contributed by atoms with Gasteiger partial charge in [-0.05, 0) is 36.4 Å². The van der Waals surface area contributed by atoms with Crippen molar-refractivity contribution in [3.63, 3.8) is 0 Å². The maximum Gasteiger partial charge on any atom is 0.204 e. The molecule has 8 N–H and O–H groups in total. The van der Waals surface area contributed by atoms with E-state index in [2.05, 4.69) is 16.3 Å². The molecule has 0 bridgehead atoms. The summed E-state index contributed by atoms with van der Waals surface area (Å²) >= 11 is 0. The number of nitrogen functional groups attached to an aromatic ring is 3. The average molecular weight is 317 g/mol. The van der Waals surface area contributed by atoms with Crippen LogP contribution in [0.3, 0.4) is 0 Å². The molecule has 24 heavy (non-hydrogen) atoms. The van der Waals surface area contributed by atoms with Crippen LogP contribution in [-0.2, 0) is 0 Å². The molecule has 0 saturated carbocycles. The molecule has 0 radical (unpaired) electrons. The van der Waals surface area contributed by atoms with Crippen LogP contribution in [0.25, 0.3) is 10.8 Å². The molecule has 6 nitrogen and oxygen atoms in total. The number of quaternary nitrogens is 1. The van der Waals surface area contributed by atoms with Gasteiger partial charge in [0.15, 0.2) is 5.82 Å². The molecule has 2 aromatic carbocycles. The lowest BCUT2D eigenvalue weighted by Crippen LogP contribution is -2.83. The maximum absolute atomic E-state index is 7.41. The summed E-state index contributed by atoms with van der Waals surface area (Å²) in [6.07, 6.45) is 7.21. The first kappa shape index (κ1) is 15.3. The molecule has 0 aliphatic rings. The molecule has 6 heteroatoms. The Morgan fingerprint density at radius 3 is 2.62 bits per heavy atom. The lowest BCUT2D eigenvalue weighted by molar-refractivity contribution is -0.536. The van der Waals surface area contributed by atoms with Crippen molar-refractivity contribution in [3.8, 4) is 12.3 Å². The monoisotopic (exact) mass is 317 g/mol. The van der Waals surface area contributed by atoms with Gasteiger partial charge in [0.2, 0.25) is 5.69 Å². The van der Waals surface area contributed by atoms with E-state index in [1.807, 2.05) is 30.3 Å². The van der Waals surface area contributed by atoms with Gasteiger partial charge in [-0.1, -0.05) is 12.0 Å². The van der Waals surface area contributed by atoms with Crippen molar-refractivity contribution in [1.82, 2.24) is 4.98 Å². The SMILES string of the molecule is C#Cc1ccc2cnc(N)c([NH2+]Nc3ccc(C(=N)N)cc3)c2c1. The van der Waals surface area contributed by atoms with Crippen molar-refractivity contribution in [1.29, 1.82) is 5.41 Å². The van der Waals surface area contributed by atoms with Crippen molar-refractivity contribution >= 4 is 33.8 Å². The van der Waals surface area contributed by atoms with Crippen LogP contribution in [0, 0.1) is 17.8 Å². The zero-order chi connectivity index (χ0) is 17.1. The summed E-state index contributed by atoms with van der Waals surface area (Å²) in [6.45, 7) is 0. The first-order chi connectivity index (χ1) is 11.6. The number of nitrogens with one attached hydrogen (secondary N) is 2. The first-order valence-electron chi connectivity index (χ1n) is 7.27. The van der Waals surface area contributed by atoms with E-state index in [-0.39, 0.29) is 5.84 Å². The van der Waals surface area contributed by atoms with E-state index in [0.29, 0.717) is 11.4 Å². The molecule has 0 aliphatic heterocycles. The van der Waals surface area contributed by atoms with E-state index in [1.165, 1.54) is 0 Å². The lowest BCUT2D eigenvalue weighted by atomic mass is 10.1. The summed E-state index contributed by atoms with van der Waals surface area (Å²) < 4.78 is 0. The molecule has 0 aliphatic carbocycles. The van der Waals surface area contributed by atoms with Crippen molar-refractivity contribution < 1.29 is 5.43 Å². The quantitative estimate of drug-likeness (QED) is 0.164. The fourth-order valence-electron chi connectivity index (χ4n) is 2.39. The van der Waals surface area contributed by atoms with Gasteiger partial charge in [-0.2, -0.15) is 0 Å². The number of hydrogen-bond donors (Lipinski definition) is 5. The number of hydrogen-bond acceptors (Lipinski definition) is 4. The van der Waals surface area contributed by atoms with Gasteiger partial charge >= 0.3 is 0 Å². The molecule has 0 amide bonds. The number of nitrogens with zero attached hydrogens (tertiary/aromatic N) is 1. The van der Waals surface area contributed by atoms with E-state index in [9.17, 15) is 0 Å². The smallest absolute Gasteiger partial charge is 0.204 e. The molecule has 118 valence electrons. The predicted octanol–water partition coefficient (Wildman–Crippen LogP) is 1.30. The fraction of sp³-hybridized carbons (Fsp3) is 0. The number of terminal acetylenes is 1. The number of pyridine rings is 1. The highest BCUT2D eigenvalue weighted by molar-refractivity contribution is 5.95. The minimum absolute atomic E-state index is 0.0369. The first-order valence-corrected chi connectivity index (χ1v) is 7.27. The molecule has 0 unspecified atom stereocenters. The minimum atomic E-state index is 0.0369. The van der Waals surface area contributed by atoms with E-state index < -0.39 is 0 Å². The Morgan fingerprint density at radius 2 is 1.96 bits per heavy atom.